The van der Waals surface area contributed by atoms with E-state index in [2.05, 4.69) is 24.1 Å². The minimum Gasteiger partial charge on any atom is -0.378 e. The minimum atomic E-state index is 0.0733. The zero-order valence-corrected chi connectivity index (χ0v) is 12.5. The molecule has 1 N–H and O–H groups in total. The smallest absolute Gasteiger partial charge is 0.228 e. The lowest BCUT2D eigenvalue weighted by atomic mass is 9.95. The fourth-order valence-corrected chi connectivity index (χ4v) is 3.17. The molecule has 0 radical (unpaired) electrons. The van der Waals surface area contributed by atoms with Gasteiger partial charge in [0.25, 0.3) is 0 Å². The van der Waals surface area contributed by atoms with Crippen LogP contribution in [0.2, 0.25) is 0 Å². The monoisotopic (exact) mass is 268 g/mol. The van der Waals surface area contributed by atoms with E-state index in [1.165, 1.54) is 12.8 Å². The molecule has 0 saturated carbocycles. The van der Waals surface area contributed by atoms with Crippen LogP contribution >= 0.6 is 0 Å². The summed E-state index contributed by atoms with van der Waals surface area (Å²) < 4.78 is 5.55. The highest BCUT2D eigenvalue weighted by atomic mass is 16.5. The van der Waals surface area contributed by atoms with Crippen molar-refractivity contribution in [2.24, 2.45) is 11.8 Å². The molecular formula is C15H28N2O2. The zero-order chi connectivity index (χ0) is 13.8. The first kappa shape index (κ1) is 14.8. The van der Waals surface area contributed by atoms with Gasteiger partial charge < -0.3 is 15.0 Å². The second-order valence-corrected chi connectivity index (χ2v) is 6.25. The molecule has 2 aliphatic rings. The number of ether oxygens (including phenoxy) is 1. The van der Waals surface area contributed by atoms with Crippen LogP contribution in [0.5, 0.6) is 0 Å². The summed E-state index contributed by atoms with van der Waals surface area (Å²) in [6.07, 6.45) is 3.34. The van der Waals surface area contributed by atoms with Crippen LogP contribution in [0.15, 0.2) is 0 Å². The Morgan fingerprint density at radius 2 is 2.00 bits per heavy atom. The predicted octanol–water partition coefficient (Wildman–Crippen LogP) is 1.65. The third-order valence-electron chi connectivity index (χ3n) is 4.51. The van der Waals surface area contributed by atoms with Crippen LogP contribution in [0.3, 0.4) is 0 Å². The third-order valence-corrected chi connectivity index (χ3v) is 4.51. The Labute approximate surface area is 116 Å². The van der Waals surface area contributed by atoms with Crippen LogP contribution in [-0.2, 0) is 9.53 Å². The van der Waals surface area contributed by atoms with Gasteiger partial charge in [0.15, 0.2) is 0 Å². The van der Waals surface area contributed by atoms with Gasteiger partial charge >= 0.3 is 0 Å². The second-order valence-electron chi connectivity index (χ2n) is 6.25. The van der Waals surface area contributed by atoms with E-state index in [1.54, 1.807) is 0 Å². The Morgan fingerprint density at radius 3 is 2.53 bits per heavy atom. The van der Waals surface area contributed by atoms with E-state index in [1.807, 2.05) is 6.92 Å². The first-order valence-electron chi connectivity index (χ1n) is 7.72. The van der Waals surface area contributed by atoms with Gasteiger partial charge in [-0.25, -0.2) is 0 Å². The molecule has 2 unspecified atom stereocenters. The topological polar surface area (TPSA) is 41.6 Å². The number of rotatable bonds is 4. The molecule has 2 aliphatic heterocycles. The standard InChI is InChI=1S/C15H28N2O2/c1-11(2)17(10-13-4-7-16-8-5-13)15(18)14-6-9-19-12(14)3/h11-14,16H,4-10H2,1-3H3. The summed E-state index contributed by atoms with van der Waals surface area (Å²) in [6, 6.07) is 0.287. The highest BCUT2D eigenvalue weighted by Gasteiger charge is 2.35. The molecule has 2 heterocycles. The van der Waals surface area contributed by atoms with Gasteiger partial charge in [0.2, 0.25) is 5.91 Å². The summed E-state index contributed by atoms with van der Waals surface area (Å²) in [5.74, 6) is 1.04. The fraction of sp³-hybridized carbons (Fsp3) is 0.933. The van der Waals surface area contributed by atoms with Gasteiger partial charge in [-0.05, 0) is 59.0 Å². The van der Waals surface area contributed by atoms with Crippen molar-refractivity contribution in [2.75, 3.05) is 26.2 Å². The van der Waals surface area contributed by atoms with Crippen molar-refractivity contribution in [1.82, 2.24) is 10.2 Å². The maximum absolute atomic E-state index is 12.7. The average molecular weight is 268 g/mol. The van der Waals surface area contributed by atoms with Gasteiger partial charge in [0, 0.05) is 19.2 Å². The lowest BCUT2D eigenvalue weighted by Crippen LogP contribution is -2.46. The van der Waals surface area contributed by atoms with Crippen molar-refractivity contribution < 1.29 is 9.53 Å². The maximum atomic E-state index is 12.7. The number of amides is 1. The van der Waals surface area contributed by atoms with Crippen molar-refractivity contribution in [1.29, 1.82) is 0 Å². The van der Waals surface area contributed by atoms with E-state index >= 15 is 0 Å². The molecule has 0 bridgehead atoms. The number of hydrogen-bond donors (Lipinski definition) is 1. The lowest BCUT2D eigenvalue weighted by molar-refractivity contribution is -0.139. The molecule has 110 valence electrons. The number of carbonyl (C=O) groups excluding carboxylic acids is 1. The van der Waals surface area contributed by atoms with E-state index in [0.29, 0.717) is 11.8 Å². The molecule has 2 rings (SSSR count). The summed E-state index contributed by atoms with van der Waals surface area (Å²) in [5, 5.41) is 3.39. The van der Waals surface area contributed by atoms with Crippen LogP contribution in [0.25, 0.3) is 0 Å². The molecular weight excluding hydrogens is 240 g/mol. The molecule has 0 aliphatic carbocycles. The Morgan fingerprint density at radius 1 is 1.32 bits per heavy atom. The Bertz CT molecular complexity index is 301. The zero-order valence-electron chi connectivity index (χ0n) is 12.5. The Hall–Kier alpha value is -0.610. The molecule has 2 atom stereocenters. The molecule has 4 nitrogen and oxygen atoms in total. The average Bonchev–Trinajstić information content (AvgIpc) is 2.82. The molecule has 2 fully saturated rings. The third kappa shape index (κ3) is 3.69. The number of nitrogens with one attached hydrogen (secondary N) is 1. The summed E-state index contributed by atoms with van der Waals surface area (Å²) >= 11 is 0. The van der Waals surface area contributed by atoms with Gasteiger partial charge in [-0.2, -0.15) is 0 Å². The minimum absolute atomic E-state index is 0.0733. The SMILES string of the molecule is CC1OCCC1C(=O)N(CC1CCNCC1)C(C)C. The van der Waals surface area contributed by atoms with E-state index in [9.17, 15) is 4.79 Å². The second kappa shape index (κ2) is 6.71. The highest BCUT2D eigenvalue weighted by Crippen LogP contribution is 2.25. The maximum Gasteiger partial charge on any atom is 0.228 e. The summed E-state index contributed by atoms with van der Waals surface area (Å²) in [5.41, 5.74) is 0. The first-order chi connectivity index (χ1) is 9.09. The van der Waals surface area contributed by atoms with Gasteiger partial charge in [0.05, 0.1) is 12.0 Å². The van der Waals surface area contributed by atoms with Crippen LogP contribution in [-0.4, -0.2) is 49.2 Å². The first-order valence-corrected chi connectivity index (χ1v) is 7.72. The molecule has 0 spiro atoms. The van der Waals surface area contributed by atoms with Crippen LogP contribution in [0, 0.1) is 11.8 Å². The summed E-state index contributed by atoms with van der Waals surface area (Å²) in [6.45, 7) is 10.1. The Kier molecular flexibility index (Phi) is 5.22. The van der Waals surface area contributed by atoms with Crippen molar-refractivity contribution >= 4 is 5.91 Å². The van der Waals surface area contributed by atoms with E-state index in [-0.39, 0.29) is 18.1 Å². The van der Waals surface area contributed by atoms with Gasteiger partial charge in [-0.15, -0.1) is 0 Å². The summed E-state index contributed by atoms with van der Waals surface area (Å²) in [7, 11) is 0. The molecule has 1 amide bonds. The molecule has 4 heteroatoms. The molecule has 19 heavy (non-hydrogen) atoms. The van der Waals surface area contributed by atoms with Gasteiger partial charge in [0.1, 0.15) is 0 Å². The van der Waals surface area contributed by atoms with E-state index in [0.717, 1.165) is 32.7 Å². The van der Waals surface area contributed by atoms with Gasteiger partial charge in [-0.3, -0.25) is 4.79 Å². The van der Waals surface area contributed by atoms with Crippen LogP contribution in [0.1, 0.15) is 40.0 Å². The summed E-state index contributed by atoms with van der Waals surface area (Å²) in [4.78, 5) is 14.8. The Balaban J connectivity index is 1.96. The number of nitrogens with zero attached hydrogens (tertiary/aromatic N) is 1. The number of piperidine rings is 1. The van der Waals surface area contributed by atoms with E-state index < -0.39 is 0 Å². The fourth-order valence-electron chi connectivity index (χ4n) is 3.17. The molecule has 2 saturated heterocycles. The highest BCUT2D eigenvalue weighted by molar-refractivity contribution is 5.80. The largest absolute Gasteiger partial charge is 0.378 e. The van der Waals surface area contributed by atoms with Crippen molar-refractivity contribution in [2.45, 2.75) is 52.2 Å². The van der Waals surface area contributed by atoms with Crippen molar-refractivity contribution in [3.05, 3.63) is 0 Å². The number of carbonyl (C=O) groups is 1. The van der Waals surface area contributed by atoms with Crippen LogP contribution < -0.4 is 5.32 Å². The normalized spacial score (nSPS) is 28.8. The molecule has 0 aromatic carbocycles. The number of hydrogen-bond acceptors (Lipinski definition) is 3. The predicted molar refractivity (Wildman–Crippen MR) is 76.0 cm³/mol. The van der Waals surface area contributed by atoms with E-state index in [4.69, 9.17) is 4.74 Å². The van der Waals surface area contributed by atoms with Gasteiger partial charge in [-0.1, -0.05) is 0 Å². The van der Waals surface area contributed by atoms with Crippen molar-refractivity contribution in [3.8, 4) is 0 Å². The quantitative estimate of drug-likeness (QED) is 0.843. The lowest BCUT2D eigenvalue weighted by Gasteiger charge is -2.35. The van der Waals surface area contributed by atoms with Crippen molar-refractivity contribution in [3.63, 3.8) is 0 Å². The molecule has 0 aromatic rings. The molecule has 0 aromatic heterocycles. The van der Waals surface area contributed by atoms with Crippen LogP contribution in [0.4, 0.5) is 0 Å².